The molecule has 7 nitrogen and oxygen atoms in total. The molecule has 2 heterocycles. The summed E-state index contributed by atoms with van der Waals surface area (Å²) in [7, 11) is -3.74. The van der Waals surface area contributed by atoms with Gasteiger partial charge >= 0.3 is 11.8 Å². The van der Waals surface area contributed by atoms with E-state index < -0.39 is 33.3 Å². The zero-order valence-corrected chi connectivity index (χ0v) is 18.2. The third-order valence-electron chi connectivity index (χ3n) is 4.81. The Balaban J connectivity index is 1.64. The van der Waals surface area contributed by atoms with E-state index in [9.17, 15) is 18.0 Å². The van der Waals surface area contributed by atoms with Crippen molar-refractivity contribution in [1.29, 1.82) is 0 Å². The number of halogens is 1. The van der Waals surface area contributed by atoms with Gasteiger partial charge in [-0.05, 0) is 43.5 Å². The minimum Gasteiger partial charge on any atom is -0.334 e. The second-order valence-corrected chi connectivity index (χ2v) is 9.93. The van der Waals surface area contributed by atoms with Gasteiger partial charge in [0.15, 0.2) is 0 Å². The quantitative estimate of drug-likeness (QED) is 0.234. The lowest BCUT2D eigenvalue weighted by molar-refractivity contribution is -0.148. The van der Waals surface area contributed by atoms with Crippen molar-refractivity contribution in [2.75, 3.05) is 19.6 Å². The van der Waals surface area contributed by atoms with Crippen LogP contribution in [0, 0.1) is 5.92 Å². The molecule has 2 atom stereocenters. The first-order valence-corrected chi connectivity index (χ1v) is 11.6. The molecular weight excluding hydrogens is 442 g/mol. The van der Waals surface area contributed by atoms with Crippen molar-refractivity contribution < 1.29 is 18.0 Å². The normalized spacial score (nSPS) is 22.7. The van der Waals surface area contributed by atoms with E-state index in [0.717, 1.165) is 17.7 Å². The fraction of sp³-hybridized carbons (Fsp3) is 0.471. The number of nitrogens with one attached hydrogen (secondary N) is 1. The molecule has 0 saturated carbocycles. The Morgan fingerprint density at radius 1 is 1.18 bits per heavy atom. The number of alkyl halides is 1. The van der Waals surface area contributed by atoms with Gasteiger partial charge in [-0.3, -0.25) is 14.5 Å². The molecule has 11 heteroatoms. The molecule has 1 unspecified atom stereocenters. The van der Waals surface area contributed by atoms with Crippen molar-refractivity contribution in [3.05, 3.63) is 24.3 Å². The molecule has 0 spiro atoms. The number of amides is 2. The Labute approximate surface area is 179 Å². The number of sulfonamides is 1. The lowest BCUT2D eigenvalue weighted by atomic mass is 10.1. The summed E-state index contributed by atoms with van der Waals surface area (Å²) in [6.45, 7) is 1.09. The number of hydrogen-bond donors (Lipinski definition) is 2. The van der Waals surface area contributed by atoms with E-state index >= 15 is 0 Å². The molecule has 2 aliphatic heterocycles. The smallest absolute Gasteiger partial charge is 0.318 e. The second kappa shape index (κ2) is 8.66. The summed E-state index contributed by atoms with van der Waals surface area (Å²) in [5, 5.41) is 0. The van der Waals surface area contributed by atoms with Crippen molar-refractivity contribution in [2.45, 2.75) is 34.6 Å². The highest BCUT2D eigenvalue weighted by Gasteiger charge is 2.43. The Morgan fingerprint density at radius 3 is 2.39 bits per heavy atom. The summed E-state index contributed by atoms with van der Waals surface area (Å²) >= 11 is 15.7. The number of nitrogens with zero attached hydrogens (tertiary/aromatic N) is 2. The van der Waals surface area contributed by atoms with Crippen LogP contribution in [0.15, 0.2) is 34.1 Å². The van der Waals surface area contributed by atoms with Crippen LogP contribution in [-0.2, 0) is 19.6 Å². The zero-order chi connectivity index (χ0) is 20.5. The second-order valence-electron chi connectivity index (χ2n) is 6.73. The van der Waals surface area contributed by atoms with Crippen LogP contribution in [0.25, 0.3) is 0 Å². The fourth-order valence-electron chi connectivity index (χ4n) is 3.25. The number of likely N-dealkylation sites (tertiary alicyclic amines) is 2. The monoisotopic (exact) mass is 461 g/mol. The summed E-state index contributed by atoms with van der Waals surface area (Å²) in [6.07, 6.45) is 2.01. The average molecular weight is 462 g/mol. The van der Waals surface area contributed by atoms with E-state index in [0.29, 0.717) is 18.0 Å². The minimum atomic E-state index is -3.74. The van der Waals surface area contributed by atoms with Crippen molar-refractivity contribution in [3.8, 4) is 0 Å². The molecule has 1 N–H and O–H groups in total. The first kappa shape index (κ1) is 21.5. The first-order chi connectivity index (χ1) is 13.2. The molecule has 152 valence electrons. The highest BCUT2D eigenvalue weighted by Crippen LogP contribution is 2.29. The molecule has 1 aromatic carbocycles. The van der Waals surface area contributed by atoms with Crippen molar-refractivity contribution in [1.82, 2.24) is 14.5 Å². The van der Waals surface area contributed by atoms with Gasteiger partial charge in [0.1, 0.15) is 5.50 Å². The molecule has 0 aliphatic carbocycles. The van der Waals surface area contributed by atoms with Gasteiger partial charge < -0.3 is 4.90 Å². The van der Waals surface area contributed by atoms with Crippen LogP contribution in [0.2, 0.25) is 0 Å². The average Bonchev–Trinajstić information content (AvgIpc) is 3.28. The third kappa shape index (κ3) is 4.51. The molecular formula is C17H20ClN3O4S3. The highest BCUT2D eigenvalue weighted by molar-refractivity contribution is 7.89. The van der Waals surface area contributed by atoms with Crippen LogP contribution >= 0.6 is 36.4 Å². The third-order valence-corrected chi connectivity index (χ3v) is 7.45. The Morgan fingerprint density at radius 2 is 1.79 bits per heavy atom. The lowest BCUT2D eigenvalue weighted by Gasteiger charge is -2.23. The Bertz CT molecular complexity index is 885. The molecule has 0 radical (unpaired) electrons. The maximum atomic E-state index is 12.6. The molecule has 2 saturated heterocycles. The predicted molar refractivity (Wildman–Crippen MR) is 112 cm³/mol. The number of hydrogen-bond acceptors (Lipinski definition) is 6. The molecule has 2 fully saturated rings. The zero-order valence-electron chi connectivity index (χ0n) is 14.9. The van der Waals surface area contributed by atoms with Crippen LogP contribution in [0.4, 0.5) is 0 Å². The van der Waals surface area contributed by atoms with Crippen LogP contribution in [0.5, 0.6) is 0 Å². The molecule has 2 amide bonds. The maximum absolute atomic E-state index is 12.6. The van der Waals surface area contributed by atoms with Gasteiger partial charge in [-0.1, -0.05) is 23.8 Å². The number of carbonyl (C=O) groups excluding carboxylic acids is 2. The Hall–Kier alpha value is -1.20. The molecule has 0 aromatic heterocycles. The van der Waals surface area contributed by atoms with Crippen molar-refractivity contribution in [3.63, 3.8) is 0 Å². The van der Waals surface area contributed by atoms with E-state index in [1.807, 2.05) is 0 Å². The largest absolute Gasteiger partial charge is 0.334 e. The van der Waals surface area contributed by atoms with Gasteiger partial charge in [0.05, 0.1) is 9.88 Å². The van der Waals surface area contributed by atoms with Crippen LogP contribution in [-0.4, -0.2) is 60.2 Å². The van der Waals surface area contributed by atoms with Gasteiger partial charge in [-0.2, -0.15) is 0 Å². The number of benzene rings is 1. The topological polar surface area (TPSA) is 86.8 Å². The van der Waals surface area contributed by atoms with E-state index in [-0.39, 0.29) is 22.8 Å². The standard InChI is InChI=1S/C17H20ClN3O4S3/c18-14-9-11(10-19-28(24,25)13-5-3-12(26)4-6-13)17(27)21(14)16(23)15(22)20-7-1-2-8-20/h3-6,11,14,19,26H,1-2,7-10H2/t11?,14-/m1/s1. The lowest BCUT2D eigenvalue weighted by Crippen LogP contribution is -2.47. The number of thiol groups is 1. The summed E-state index contributed by atoms with van der Waals surface area (Å²) in [5.74, 6) is -1.81. The molecule has 3 rings (SSSR count). The van der Waals surface area contributed by atoms with Crippen molar-refractivity contribution in [2.24, 2.45) is 5.92 Å². The van der Waals surface area contributed by atoms with Gasteiger partial charge in [0.2, 0.25) is 10.0 Å². The Kier molecular flexibility index (Phi) is 6.65. The maximum Gasteiger partial charge on any atom is 0.318 e. The highest BCUT2D eigenvalue weighted by atomic mass is 35.5. The molecule has 0 bridgehead atoms. The van der Waals surface area contributed by atoms with E-state index in [1.165, 1.54) is 17.0 Å². The number of rotatable bonds is 4. The first-order valence-electron chi connectivity index (χ1n) is 8.80. The van der Waals surface area contributed by atoms with E-state index in [1.54, 1.807) is 12.1 Å². The minimum absolute atomic E-state index is 0.00526. The number of thiocarbonyl (C=S) groups is 1. The predicted octanol–water partition coefficient (Wildman–Crippen LogP) is 1.62. The molecule has 1 aromatic rings. The van der Waals surface area contributed by atoms with Crippen molar-refractivity contribution >= 4 is 63.3 Å². The van der Waals surface area contributed by atoms with Gasteiger partial charge in [0.25, 0.3) is 0 Å². The van der Waals surface area contributed by atoms with Crippen LogP contribution in [0.3, 0.4) is 0 Å². The fourth-order valence-corrected chi connectivity index (χ4v) is 5.34. The van der Waals surface area contributed by atoms with Gasteiger partial charge in [-0.25, -0.2) is 13.1 Å². The summed E-state index contributed by atoms with van der Waals surface area (Å²) in [4.78, 5) is 28.5. The summed E-state index contributed by atoms with van der Waals surface area (Å²) in [5.41, 5.74) is -0.774. The van der Waals surface area contributed by atoms with E-state index in [2.05, 4.69) is 17.4 Å². The van der Waals surface area contributed by atoms with E-state index in [4.69, 9.17) is 23.8 Å². The summed E-state index contributed by atoms with van der Waals surface area (Å²) < 4.78 is 27.4. The SMILES string of the molecule is O=C(C(=O)N1C(=S)C(CNS(=O)(=O)c2ccc(S)cc2)C[C@@H]1Cl)N1CCCC1. The molecule has 2 aliphatic rings. The van der Waals surface area contributed by atoms with Crippen LogP contribution in [0.1, 0.15) is 19.3 Å². The van der Waals surface area contributed by atoms with Gasteiger partial charge in [0, 0.05) is 30.4 Å². The molecule has 28 heavy (non-hydrogen) atoms. The van der Waals surface area contributed by atoms with Crippen LogP contribution < -0.4 is 4.72 Å². The summed E-state index contributed by atoms with van der Waals surface area (Å²) in [6, 6.07) is 6.06. The number of carbonyl (C=O) groups is 2. The van der Waals surface area contributed by atoms with Gasteiger partial charge in [-0.15, -0.1) is 12.6 Å².